The van der Waals surface area contributed by atoms with Crippen LogP contribution >= 0.6 is 34.2 Å². The molecular weight excluding hydrogens is 405 g/mol. The van der Waals surface area contributed by atoms with Crippen molar-refractivity contribution in [2.24, 2.45) is 0 Å². The zero-order valence-electron chi connectivity index (χ0n) is 11.0. The van der Waals surface area contributed by atoms with Gasteiger partial charge in [-0.2, -0.15) is 0 Å². The maximum Gasteiger partial charge on any atom is 0.339 e. The average Bonchev–Trinajstić information content (AvgIpc) is 2.45. The molecule has 0 aromatic heterocycles. The van der Waals surface area contributed by atoms with Crippen molar-refractivity contribution in [2.75, 3.05) is 18.5 Å². The van der Waals surface area contributed by atoms with Gasteiger partial charge in [-0.15, -0.1) is 0 Å². The van der Waals surface area contributed by atoms with E-state index in [0.717, 1.165) is 9.26 Å². The van der Waals surface area contributed by atoms with E-state index in [1.165, 1.54) is 6.07 Å². The van der Waals surface area contributed by atoms with Crippen LogP contribution < -0.4 is 10.1 Å². The van der Waals surface area contributed by atoms with Gasteiger partial charge in [-0.3, -0.25) is 0 Å². The highest BCUT2D eigenvalue weighted by Crippen LogP contribution is 2.22. The molecule has 0 fully saturated rings. The minimum atomic E-state index is -0.995. The summed E-state index contributed by atoms with van der Waals surface area (Å²) >= 11 is 8.09. The second-order valence-corrected chi connectivity index (χ2v) is 5.80. The molecule has 0 unspecified atom stereocenters. The number of para-hydroxylation sites is 1. The van der Waals surface area contributed by atoms with Crippen LogP contribution in [0.1, 0.15) is 10.4 Å². The largest absolute Gasteiger partial charge is 0.491 e. The van der Waals surface area contributed by atoms with Crippen molar-refractivity contribution in [3.8, 4) is 5.75 Å². The number of hydrogen-bond donors (Lipinski definition) is 2. The lowest BCUT2D eigenvalue weighted by atomic mass is 10.2. The van der Waals surface area contributed by atoms with Gasteiger partial charge in [0.1, 0.15) is 17.9 Å². The van der Waals surface area contributed by atoms with E-state index in [2.05, 4.69) is 27.9 Å². The second-order valence-electron chi connectivity index (χ2n) is 4.20. The van der Waals surface area contributed by atoms with Crippen LogP contribution in [0.3, 0.4) is 0 Å². The number of carboxylic acid groups (broad SMARTS) is 1. The number of nitrogens with one attached hydrogen (secondary N) is 1. The third-order valence-corrected chi connectivity index (χ3v) is 3.85. The Hall–Kier alpha value is -1.47. The van der Waals surface area contributed by atoms with Crippen molar-refractivity contribution in [2.45, 2.75) is 0 Å². The summed E-state index contributed by atoms with van der Waals surface area (Å²) in [7, 11) is 0. The Kier molecular flexibility index (Phi) is 5.69. The Morgan fingerprint density at radius 1 is 1.29 bits per heavy atom. The van der Waals surface area contributed by atoms with E-state index in [4.69, 9.17) is 21.4 Å². The highest BCUT2D eigenvalue weighted by Gasteiger charge is 2.09. The first-order chi connectivity index (χ1) is 10.1. The van der Waals surface area contributed by atoms with Gasteiger partial charge in [-0.25, -0.2) is 4.79 Å². The van der Waals surface area contributed by atoms with E-state index in [-0.39, 0.29) is 5.56 Å². The molecule has 0 aliphatic rings. The maximum atomic E-state index is 11.0. The Morgan fingerprint density at radius 3 is 2.76 bits per heavy atom. The second kappa shape index (κ2) is 7.51. The van der Waals surface area contributed by atoms with Crippen molar-refractivity contribution in [3.63, 3.8) is 0 Å². The topological polar surface area (TPSA) is 58.6 Å². The molecule has 21 heavy (non-hydrogen) atoms. The van der Waals surface area contributed by atoms with Crippen LogP contribution in [0, 0.1) is 3.57 Å². The molecule has 4 nitrogen and oxygen atoms in total. The van der Waals surface area contributed by atoms with Crippen LogP contribution in [0.15, 0.2) is 42.5 Å². The first-order valence-corrected chi connectivity index (χ1v) is 7.67. The molecule has 0 spiro atoms. The van der Waals surface area contributed by atoms with Gasteiger partial charge in [0, 0.05) is 20.8 Å². The summed E-state index contributed by atoms with van der Waals surface area (Å²) in [5, 5.41) is 13.0. The van der Waals surface area contributed by atoms with Crippen LogP contribution in [-0.4, -0.2) is 24.2 Å². The van der Waals surface area contributed by atoms with Crippen LogP contribution in [-0.2, 0) is 0 Å². The highest BCUT2D eigenvalue weighted by atomic mass is 127. The lowest BCUT2D eigenvalue weighted by Gasteiger charge is -2.11. The minimum Gasteiger partial charge on any atom is -0.491 e. The molecule has 2 aromatic rings. The number of anilines is 1. The molecule has 2 aromatic carbocycles. The van der Waals surface area contributed by atoms with Crippen molar-refractivity contribution in [1.29, 1.82) is 0 Å². The number of rotatable bonds is 6. The van der Waals surface area contributed by atoms with Gasteiger partial charge in [-0.1, -0.05) is 23.7 Å². The number of halogens is 2. The molecule has 0 atom stereocenters. The van der Waals surface area contributed by atoms with Crippen molar-refractivity contribution in [3.05, 3.63) is 56.6 Å². The molecule has 0 saturated heterocycles. The Morgan fingerprint density at radius 2 is 2.05 bits per heavy atom. The van der Waals surface area contributed by atoms with E-state index >= 15 is 0 Å². The Balaban J connectivity index is 1.89. The number of carboxylic acids is 1. The number of benzene rings is 2. The van der Waals surface area contributed by atoms with Crippen molar-refractivity contribution in [1.82, 2.24) is 0 Å². The molecule has 0 aliphatic heterocycles. The number of carbonyl (C=O) groups is 1. The molecule has 0 aliphatic carbocycles. The van der Waals surface area contributed by atoms with E-state index in [9.17, 15) is 4.79 Å². The molecule has 0 radical (unpaired) electrons. The predicted molar refractivity (Wildman–Crippen MR) is 91.6 cm³/mol. The molecule has 0 bridgehead atoms. The van der Waals surface area contributed by atoms with E-state index in [0.29, 0.717) is 23.9 Å². The summed E-state index contributed by atoms with van der Waals surface area (Å²) in [4.78, 5) is 11.0. The molecular formula is C15H13ClINO3. The summed E-state index contributed by atoms with van der Waals surface area (Å²) in [6, 6.07) is 12.2. The average molecular weight is 418 g/mol. The smallest absolute Gasteiger partial charge is 0.339 e. The normalized spacial score (nSPS) is 10.2. The summed E-state index contributed by atoms with van der Waals surface area (Å²) < 4.78 is 6.53. The van der Waals surface area contributed by atoms with E-state index in [1.807, 2.05) is 18.2 Å². The monoisotopic (exact) mass is 417 g/mol. The third-order valence-electron chi connectivity index (χ3n) is 2.72. The van der Waals surface area contributed by atoms with Gasteiger partial charge in [0.15, 0.2) is 0 Å². The fourth-order valence-electron chi connectivity index (χ4n) is 1.75. The summed E-state index contributed by atoms with van der Waals surface area (Å²) in [6.07, 6.45) is 0. The zero-order valence-corrected chi connectivity index (χ0v) is 13.9. The van der Waals surface area contributed by atoms with Crippen LogP contribution in [0.25, 0.3) is 0 Å². The van der Waals surface area contributed by atoms with E-state index < -0.39 is 5.97 Å². The third kappa shape index (κ3) is 4.50. The standard InChI is InChI=1S/C15H13ClINO3/c16-10-5-6-13(12(17)9-10)18-7-8-21-14-4-2-1-3-11(14)15(19)20/h1-6,9,18H,7-8H2,(H,19,20). The lowest BCUT2D eigenvalue weighted by Crippen LogP contribution is -2.13. The minimum absolute atomic E-state index is 0.165. The maximum absolute atomic E-state index is 11.0. The molecule has 0 heterocycles. The van der Waals surface area contributed by atoms with Crippen LogP contribution in [0.2, 0.25) is 5.02 Å². The fraction of sp³-hybridized carbons (Fsp3) is 0.133. The first kappa shape index (κ1) is 15.9. The van der Waals surface area contributed by atoms with Gasteiger partial charge < -0.3 is 15.2 Å². The number of hydrogen-bond acceptors (Lipinski definition) is 3. The van der Waals surface area contributed by atoms with Crippen LogP contribution in [0.5, 0.6) is 5.75 Å². The first-order valence-electron chi connectivity index (χ1n) is 6.22. The summed E-state index contributed by atoms with van der Waals surface area (Å²) in [6.45, 7) is 0.925. The van der Waals surface area contributed by atoms with Gasteiger partial charge in [-0.05, 0) is 52.9 Å². The van der Waals surface area contributed by atoms with Crippen LogP contribution in [0.4, 0.5) is 5.69 Å². The quantitative estimate of drug-likeness (QED) is 0.548. The molecule has 110 valence electrons. The Labute approximate surface area is 141 Å². The number of aromatic carboxylic acids is 1. The van der Waals surface area contributed by atoms with Crippen molar-refractivity contribution < 1.29 is 14.6 Å². The molecule has 0 saturated carbocycles. The SMILES string of the molecule is O=C(O)c1ccccc1OCCNc1ccc(Cl)cc1I. The molecule has 2 rings (SSSR count). The molecule has 6 heteroatoms. The van der Waals surface area contributed by atoms with Gasteiger partial charge in [0.25, 0.3) is 0 Å². The lowest BCUT2D eigenvalue weighted by molar-refractivity contribution is 0.0692. The molecule has 2 N–H and O–H groups in total. The van der Waals surface area contributed by atoms with E-state index in [1.54, 1.807) is 18.2 Å². The van der Waals surface area contributed by atoms with Gasteiger partial charge >= 0.3 is 5.97 Å². The Bertz CT molecular complexity index is 649. The zero-order chi connectivity index (χ0) is 15.2. The molecule has 0 amide bonds. The summed E-state index contributed by atoms with van der Waals surface area (Å²) in [5.41, 5.74) is 1.13. The van der Waals surface area contributed by atoms with Crippen molar-refractivity contribution >= 4 is 45.8 Å². The summed E-state index contributed by atoms with van der Waals surface area (Å²) in [5.74, 6) is -0.622. The van der Waals surface area contributed by atoms with Gasteiger partial charge in [0.05, 0.1) is 0 Å². The highest BCUT2D eigenvalue weighted by molar-refractivity contribution is 14.1. The number of ether oxygens (including phenoxy) is 1. The van der Waals surface area contributed by atoms with Gasteiger partial charge in [0.2, 0.25) is 0 Å². The predicted octanol–water partition coefficient (Wildman–Crippen LogP) is 4.13. The fourth-order valence-corrected chi connectivity index (χ4v) is 2.81.